The SMILES string of the molecule is CSCCC(NC(=O)c1ccc(NCC2CC(S)CN2)cc1-c1ccccc1)C(=O)O. The van der Waals surface area contributed by atoms with Crippen LogP contribution in [0.4, 0.5) is 5.69 Å². The highest BCUT2D eigenvalue weighted by atomic mass is 32.2. The quantitative estimate of drug-likeness (QED) is 0.350. The van der Waals surface area contributed by atoms with E-state index in [4.69, 9.17) is 0 Å². The number of rotatable bonds is 10. The summed E-state index contributed by atoms with van der Waals surface area (Å²) in [6.45, 7) is 1.68. The van der Waals surface area contributed by atoms with Gasteiger partial charge in [-0.15, -0.1) is 0 Å². The van der Waals surface area contributed by atoms with Gasteiger partial charge in [0, 0.05) is 35.6 Å². The molecular weight excluding hydrogens is 430 g/mol. The minimum atomic E-state index is -1.02. The Hall–Kier alpha value is -2.16. The molecular formula is C23H29N3O3S2. The van der Waals surface area contributed by atoms with Crippen LogP contribution in [0, 0.1) is 0 Å². The third kappa shape index (κ3) is 6.66. The molecule has 0 bridgehead atoms. The Morgan fingerprint density at radius 2 is 2.03 bits per heavy atom. The van der Waals surface area contributed by atoms with Crippen molar-refractivity contribution in [3.05, 3.63) is 54.1 Å². The number of carbonyl (C=O) groups is 2. The molecule has 3 atom stereocenters. The molecule has 1 saturated heterocycles. The Kier molecular flexibility index (Phi) is 8.69. The highest BCUT2D eigenvalue weighted by molar-refractivity contribution is 7.98. The highest BCUT2D eigenvalue weighted by Crippen LogP contribution is 2.27. The lowest BCUT2D eigenvalue weighted by Crippen LogP contribution is -2.41. The van der Waals surface area contributed by atoms with Crippen LogP contribution in [0.1, 0.15) is 23.2 Å². The topological polar surface area (TPSA) is 90.5 Å². The van der Waals surface area contributed by atoms with Crippen LogP contribution >= 0.6 is 24.4 Å². The van der Waals surface area contributed by atoms with E-state index in [1.165, 1.54) is 0 Å². The zero-order chi connectivity index (χ0) is 22.2. The van der Waals surface area contributed by atoms with Crippen molar-refractivity contribution in [2.75, 3.05) is 30.4 Å². The van der Waals surface area contributed by atoms with E-state index in [9.17, 15) is 14.7 Å². The molecule has 2 aromatic carbocycles. The predicted octanol–water partition coefficient (Wildman–Crippen LogP) is 3.36. The Bertz CT molecular complexity index is 895. The number of aliphatic carboxylic acids is 1. The minimum absolute atomic E-state index is 0.360. The lowest BCUT2D eigenvalue weighted by atomic mass is 9.98. The molecule has 1 amide bonds. The molecule has 3 unspecified atom stereocenters. The molecule has 1 fully saturated rings. The Balaban J connectivity index is 1.81. The van der Waals surface area contributed by atoms with Crippen molar-refractivity contribution in [3.8, 4) is 11.1 Å². The average Bonchev–Trinajstić information content (AvgIpc) is 3.20. The number of carboxylic acids is 1. The first-order chi connectivity index (χ1) is 15.0. The van der Waals surface area contributed by atoms with E-state index >= 15 is 0 Å². The number of nitrogens with one attached hydrogen (secondary N) is 3. The van der Waals surface area contributed by atoms with Crippen LogP contribution in [-0.2, 0) is 4.79 Å². The Morgan fingerprint density at radius 1 is 1.26 bits per heavy atom. The molecule has 4 N–H and O–H groups in total. The van der Waals surface area contributed by atoms with Crippen LogP contribution in [0.2, 0.25) is 0 Å². The number of amides is 1. The van der Waals surface area contributed by atoms with E-state index in [1.807, 2.05) is 48.7 Å². The van der Waals surface area contributed by atoms with Crippen molar-refractivity contribution in [2.24, 2.45) is 0 Å². The van der Waals surface area contributed by atoms with E-state index in [1.54, 1.807) is 17.8 Å². The fraction of sp³-hybridized carbons (Fsp3) is 0.391. The number of benzene rings is 2. The summed E-state index contributed by atoms with van der Waals surface area (Å²) < 4.78 is 0. The van der Waals surface area contributed by atoms with Crippen molar-refractivity contribution >= 4 is 42.0 Å². The summed E-state index contributed by atoms with van der Waals surface area (Å²) >= 11 is 6.07. The van der Waals surface area contributed by atoms with E-state index in [0.29, 0.717) is 29.0 Å². The maximum Gasteiger partial charge on any atom is 0.326 e. The summed E-state index contributed by atoms with van der Waals surface area (Å²) in [6.07, 6.45) is 3.30. The number of anilines is 1. The summed E-state index contributed by atoms with van der Waals surface area (Å²) in [6, 6.07) is 14.7. The summed E-state index contributed by atoms with van der Waals surface area (Å²) in [5, 5.41) is 19.4. The molecule has 2 aromatic rings. The summed E-state index contributed by atoms with van der Waals surface area (Å²) in [5.41, 5.74) is 3.05. The standard InChI is InChI=1S/C23H29N3O3S2/c1-31-10-9-21(23(28)29)26-22(27)19-8-7-16(24-13-17-11-18(30)14-25-17)12-20(19)15-5-3-2-4-6-15/h2-8,12,17-18,21,24-25,30H,9-11,13-14H2,1H3,(H,26,27)(H,28,29). The lowest BCUT2D eigenvalue weighted by Gasteiger charge is -2.18. The Labute approximate surface area is 193 Å². The largest absolute Gasteiger partial charge is 0.480 e. The van der Waals surface area contributed by atoms with Crippen LogP contribution in [0.25, 0.3) is 11.1 Å². The maximum absolute atomic E-state index is 13.0. The number of thiol groups is 1. The van der Waals surface area contributed by atoms with Crippen LogP contribution in [-0.4, -0.2) is 59.4 Å². The zero-order valence-corrected chi connectivity index (χ0v) is 19.2. The molecule has 0 spiro atoms. The average molecular weight is 460 g/mol. The van der Waals surface area contributed by atoms with Crippen molar-refractivity contribution in [1.29, 1.82) is 0 Å². The second-order valence-corrected chi connectivity index (χ2v) is 9.36. The first-order valence-corrected chi connectivity index (χ1v) is 12.3. The molecule has 3 rings (SSSR count). The van der Waals surface area contributed by atoms with Crippen LogP contribution in [0.5, 0.6) is 0 Å². The molecule has 1 aliphatic rings. The van der Waals surface area contributed by atoms with E-state index in [0.717, 1.165) is 36.3 Å². The van der Waals surface area contributed by atoms with Gasteiger partial charge in [0.2, 0.25) is 0 Å². The lowest BCUT2D eigenvalue weighted by molar-refractivity contribution is -0.139. The van der Waals surface area contributed by atoms with Gasteiger partial charge in [0.15, 0.2) is 0 Å². The van der Waals surface area contributed by atoms with Crippen molar-refractivity contribution in [1.82, 2.24) is 10.6 Å². The summed E-state index contributed by atoms with van der Waals surface area (Å²) in [7, 11) is 0. The molecule has 8 heteroatoms. The molecule has 0 radical (unpaired) electrons. The number of hydrogen-bond acceptors (Lipinski definition) is 6. The van der Waals surface area contributed by atoms with Crippen molar-refractivity contribution < 1.29 is 14.7 Å². The minimum Gasteiger partial charge on any atom is -0.480 e. The smallest absolute Gasteiger partial charge is 0.326 e. The van der Waals surface area contributed by atoms with Gasteiger partial charge < -0.3 is 21.1 Å². The predicted molar refractivity (Wildman–Crippen MR) is 131 cm³/mol. The van der Waals surface area contributed by atoms with Gasteiger partial charge in [-0.25, -0.2) is 4.79 Å². The Morgan fingerprint density at radius 3 is 2.68 bits per heavy atom. The molecule has 1 heterocycles. The number of carbonyl (C=O) groups excluding carboxylic acids is 1. The van der Waals surface area contributed by atoms with Crippen LogP contribution in [0.15, 0.2) is 48.5 Å². The second-order valence-electron chi connectivity index (χ2n) is 7.65. The van der Waals surface area contributed by atoms with Gasteiger partial charge in [0.05, 0.1) is 0 Å². The van der Waals surface area contributed by atoms with Gasteiger partial charge in [-0.3, -0.25) is 4.79 Å². The third-order valence-electron chi connectivity index (χ3n) is 5.31. The first kappa shape index (κ1) is 23.5. The van der Waals surface area contributed by atoms with Gasteiger partial charge in [-0.1, -0.05) is 30.3 Å². The molecule has 166 valence electrons. The van der Waals surface area contributed by atoms with E-state index in [2.05, 4.69) is 28.6 Å². The van der Waals surface area contributed by atoms with Gasteiger partial charge in [-0.2, -0.15) is 24.4 Å². The van der Waals surface area contributed by atoms with Gasteiger partial charge in [-0.05, 0) is 54.2 Å². The van der Waals surface area contributed by atoms with Gasteiger partial charge >= 0.3 is 5.97 Å². The molecule has 1 aliphatic heterocycles. The second kappa shape index (κ2) is 11.5. The van der Waals surface area contributed by atoms with Gasteiger partial charge in [0.1, 0.15) is 6.04 Å². The molecule has 0 aliphatic carbocycles. The van der Waals surface area contributed by atoms with E-state index < -0.39 is 12.0 Å². The number of hydrogen-bond donors (Lipinski definition) is 5. The van der Waals surface area contributed by atoms with Crippen LogP contribution in [0.3, 0.4) is 0 Å². The van der Waals surface area contributed by atoms with Crippen molar-refractivity contribution in [2.45, 2.75) is 30.2 Å². The number of thioether (sulfide) groups is 1. The van der Waals surface area contributed by atoms with Crippen LogP contribution < -0.4 is 16.0 Å². The highest BCUT2D eigenvalue weighted by Gasteiger charge is 2.23. The van der Waals surface area contributed by atoms with E-state index in [-0.39, 0.29) is 5.91 Å². The molecule has 31 heavy (non-hydrogen) atoms. The fourth-order valence-corrected chi connectivity index (χ4v) is 4.46. The summed E-state index contributed by atoms with van der Waals surface area (Å²) in [4.78, 5) is 24.6. The number of carboxylic acid groups (broad SMARTS) is 1. The maximum atomic E-state index is 13.0. The summed E-state index contributed by atoms with van der Waals surface area (Å²) in [5.74, 6) is -0.739. The fourth-order valence-electron chi connectivity index (χ4n) is 3.63. The first-order valence-electron chi connectivity index (χ1n) is 10.4. The normalized spacial score (nSPS) is 19.0. The third-order valence-corrected chi connectivity index (χ3v) is 6.35. The monoisotopic (exact) mass is 459 g/mol. The molecule has 0 aromatic heterocycles. The zero-order valence-electron chi connectivity index (χ0n) is 17.5. The van der Waals surface area contributed by atoms with Crippen molar-refractivity contribution in [3.63, 3.8) is 0 Å². The van der Waals surface area contributed by atoms with Gasteiger partial charge in [0.25, 0.3) is 5.91 Å². The molecule has 0 saturated carbocycles. The molecule has 6 nitrogen and oxygen atoms in total.